The van der Waals surface area contributed by atoms with Gasteiger partial charge < -0.3 is 24.8 Å². The molecule has 5 heterocycles. The van der Waals surface area contributed by atoms with Gasteiger partial charge in [-0.25, -0.2) is 14.4 Å². The molecule has 6 fully saturated rings. The molecule has 11 heteroatoms. The number of rotatable bonds is 9. The fraction of sp³-hybridized carbons (Fsp3) is 0.667. The highest BCUT2D eigenvalue weighted by molar-refractivity contribution is 5.97. The van der Waals surface area contributed by atoms with Crippen LogP contribution in [0.4, 0.5) is 10.2 Å². The zero-order valence-electron chi connectivity index (χ0n) is 28.2. The van der Waals surface area contributed by atoms with Crippen LogP contribution in [0.15, 0.2) is 30.7 Å². The standard InChI is InChI=1S/C36H49FN6O3.ClH/c1-22(2)43(23(3)4)34(44)28-17-27(37)8-10-30(28)46-31-18-38-21-39-33(31)42-19-36(20-42)11-13-41(14-12-36)35(45)32-25-7-9-29(40-32)26(16-25)15-24-5-6-24;/h8,10,17-18,21-26,29,32,40H,5-7,9,11-16,19-20H2,1-4H3;1H/t25-,26-,29+,32+;/m1./s1. The Kier molecular flexibility index (Phi) is 9.74. The molecule has 4 saturated heterocycles. The molecule has 6 aliphatic rings. The predicted octanol–water partition coefficient (Wildman–Crippen LogP) is 6.07. The van der Waals surface area contributed by atoms with Crippen LogP contribution < -0.4 is 15.0 Å². The van der Waals surface area contributed by atoms with Crippen LogP contribution in [0.25, 0.3) is 0 Å². The van der Waals surface area contributed by atoms with E-state index in [1.165, 1.54) is 63.1 Å². The summed E-state index contributed by atoms with van der Waals surface area (Å²) >= 11 is 0. The Morgan fingerprint density at radius 3 is 2.43 bits per heavy atom. The van der Waals surface area contributed by atoms with Crippen LogP contribution in [0, 0.1) is 29.0 Å². The molecular weight excluding hydrogens is 619 g/mol. The van der Waals surface area contributed by atoms with Crippen molar-refractivity contribution in [1.82, 2.24) is 25.1 Å². The molecule has 0 unspecified atom stereocenters. The summed E-state index contributed by atoms with van der Waals surface area (Å²) in [5.41, 5.74) is 0.313. The van der Waals surface area contributed by atoms with Crippen LogP contribution in [0.1, 0.15) is 89.4 Å². The number of aromatic nitrogens is 2. The fourth-order valence-electron chi connectivity index (χ4n) is 8.83. The average Bonchev–Trinajstić information content (AvgIpc) is 3.85. The minimum absolute atomic E-state index is 0. The van der Waals surface area contributed by atoms with Gasteiger partial charge in [-0.05, 0) is 102 Å². The Morgan fingerprint density at radius 2 is 1.79 bits per heavy atom. The summed E-state index contributed by atoms with van der Waals surface area (Å²) in [6.45, 7) is 11.0. The van der Waals surface area contributed by atoms with Crippen LogP contribution in [-0.2, 0) is 4.79 Å². The number of amides is 2. The number of nitrogens with one attached hydrogen (secondary N) is 1. The molecule has 256 valence electrons. The second-order valence-corrected chi connectivity index (χ2v) is 15.3. The second-order valence-electron chi connectivity index (χ2n) is 15.3. The smallest absolute Gasteiger partial charge is 0.258 e. The van der Waals surface area contributed by atoms with Crippen molar-refractivity contribution in [3.05, 3.63) is 42.1 Å². The van der Waals surface area contributed by atoms with Gasteiger partial charge in [-0.2, -0.15) is 0 Å². The topological polar surface area (TPSA) is 90.9 Å². The summed E-state index contributed by atoms with van der Waals surface area (Å²) in [5.74, 6) is 3.11. The first kappa shape index (κ1) is 33.9. The highest BCUT2D eigenvalue weighted by Crippen LogP contribution is 2.47. The van der Waals surface area contributed by atoms with Crippen molar-refractivity contribution >= 4 is 30.0 Å². The maximum atomic E-state index is 14.4. The summed E-state index contributed by atoms with van der Waals surface area (Å²) in [5, 5.41) is 3.80. The van der Waals surface area contributed by atoms with Crippen molar-refractivity contribution in [2.45, 2.75) is 103 Å². The molecule has 0 radical (unpaired) electrons. The Hall–Kier alpha value is -2.98. The van der Waals surface area contributed by atoms with Gasteiger partial charge in [0.1, 0.15) is 17.9 Å². The number of hydrogen-bond acceptors (Lipinski definition) is 7. The molecule has 9 nitrogen and oxygen atoms in total. The molecule has 1 spiro atoms. The molecule has 2 amide bonds. The van der Waals surface area contributed by atoms with E-state index in [9.17, 15) is 14.0 Å². The van der Waals surface area contributed by atoms with E-state index in [0.29, 0.717) is 29.4 Å². The number of ether oxygens (including phenoxy) is 1. The van der Waals surface area contributed by atoms with E-state index in [4.69, 9.17) is 4.74 Å². The molecule has 47 heavy (non-hydrogen) atoms. The number of hydrogen-bond donors (Lipinski definition) is 1. The van der Waals surface area contributed by atoms with Gasteiger partial charge in [0, 0.05) is 49.7 Å². The second kappa shape index (κ2) is 13.5. The molecule has 1 aromatic carbocycles. The maximum absolute atomic E-state index is 14.4. The molecule has 2 aliphatic carbocycles. The summed E-state index contributed by atoms with van der Waals surface area (Å²) < 4.78 is 20.7. The van der Waals surface area contributed by atoms with E-state index < -0.39 is 5.82 Å². The summed E-state index contributed by atoms with van der Waals surface area (Å²) in [4.78, 5) is 42.0. The van der Waals surface area contributed by atoms with Gasteiger partial charge >= 0.3 is 0 Å². The first-order valence-corrected chi connectivity index (χ1v) is 17.5. The molecule has 1 N–H and O–H groups in total. The predicted molar refractivity (Wildman–Crippen MR) is 182 cm³/mol. The lowest BCUT2D eigenvalue weighted by atomic mass is 9.68. The van der Waals surface area contributed by atoms with Gasteiger partial charge in [-0.1, -0.05) is 12.8 Å². The normalized spacial score (nSPS) is 26.3. The first-order valence-electron chi connectivity index (χ1n) is 17.5. The number of fused-ring (bicyclic) bond motifs is 3. The number of nitrogens with zero attached hydrogens (tertiary/aromatic N) is 5. The van der Waals surface area contributed by atoms with E-state index in [1.54, 1.807) is 11.1 Å². The van der Waals surface area contributed by atoms with Crippen LogP contribution >= 0.6 is 12.4 Å². The highest BCUT2D eigenvalue weighted by atomic mass is 35.5. The molecule has 4 atom stereocenters. The Labute approximate surface area is 284 Å². The largest absolute Gasteiger partial charge is 0.451 e. The highest BCUT2D eigenvalue weighted by Gasteiger charge is 2.50. The molecule has 2 aromatic rings. The van der Waals surface area contributed by atoms with Crippen molar-refractivity contribution in [2.75, 3.05) is 31.1 Å². The lowest BCUT2D eigenvalue weighted by Crippen LogP contribution is -2.65. The number of carbonyl (C=O) groups excluding carboxylic acids is 2. The van der Waals surface area contributed by atoms with Crippen molar-refractivity contribution in [3.63, 3.8) is 0 Å². The molecule has 4 aliphatic heterocycles. The number of piperidine rings is 3. The van der Waals surface area contributed by atoms with E-state index in [-0.39, 0.29) is 53.2 Å². The summed E-state index contributed by atoms with van der Waals surface area (Å²) in [7, 11) is 0. The summed E-state index contributed by atoms with van der Waals surface area (Å²) in [6, 6.07) is 4.45. The third kappa shape index (κ3) is 6.82. The monoisotopic (exact) mass is 668 g/mol. The number of carbonyl (C=O) groups is 2. The van der Waals surface area contributed by atoms with Gasteiger partial charge in [0.25, 0.3) is 5.91 Å². The number of halogens is 2. The number of anilines is 1. The van der Waals surface area contributed by atoms with Crippen molar-refractivity contribution < 1.29 is 18.7 Å². The van der Waals surface area contributed by atoms with Crippen LogP contribution in [0.5, 0.6) is 11.5 Å². The van der Waals surface area contributed by atoms with Gasteiger partial charge in [0.2, 0.25) is 5.91 Å². The van der Waals surface area contributed by atoms with E-state index in [1.807, 2.05) is 27.7 Å². The van der Waals surface area contributed by atoms with E-state index in [2.05, 4.69) is 25.1 Å². The maximum Gasteiger partial charge on any atom is 0.258 e. The Bertz CT molecular complexity index is 1450. The lowest BCUT2D eigenvalue weighted by Gasteiger charge is -2.55. The average molecular weight is 669 g/mol. The van der Waals surface area contributed by atoms with Crippen LogP contribution in [-0.4, -0.2) is 81.9 Å². The number of likely N-dealkylation sites (tertiary alicyclic amines) is 1. The minimum Gasteiger partial charge on any atom is -0.451 e. The minimum atomic E-state index is -0.494. The van der Waals surface area contributed by atoms with Crippen molar-refractivity contribution in [1.29, 1.82) is 0 Å². The van der Waals surface area contributed by atoms with E-state index >= 15 is 0 Å². The quantitative estimate of drug-likeness (QED) is 0.347. The molecule has 8 rings (SSSR count). The zero-order chi connectivity index (χ0) is 32.2. The summed E-state index contributed by atoms with van der Waals surface area (Å²) in [6.07, 6.45) is 12.9. The van der Waals surface area contributed by atoms with E-state index in [0.717, 1.165) is 50.9 Å². The number of benzene rings is 1. The molecule has 2 saturated carbocycles. The van der Waals surface area contributed by atoms with Crippen molar-refractivity contribution in [3.8, 4) is 11.5 Å². The fourth-order valence-corrected chi connectivity index (χ4v) is 8.83. The Morgan fingerprint density at radius 1 is 1.06 bits per heavy atom. The van der Waals surface area contributed by atoms with Crippen LogP contribution in [0.2, 0.25) is 0 Å². The van der Waals surface area contributed by atoms with Gasteiger partial charge in [0.15, 0.2) is 11.6 Å². The molecule has 2 bridgehead atoms. The third-order valence-corrected chi connectivity index (χ3v) is 11.4. The van der Waals surface area contributed by atoms with Gasteiger partial charge in [-0.3, -0.25) is 9.59 Å². The van der Waals surface area contributed by atoms with Gasteiger partial charge in [-0.15, -0.1) is 12.4 Å². The lowest BCUT2D eigenvalue weighted by molar-refractivity contribution is -0.140. The Balaban J connectivity index is 0.00000386. The first-order chi connectivity index (χ1) is 22.1. The SMILES string of the molecule is CC(C)N(C(=O)c1cc(F)ccc1Oc1cncnc1N1CC2(CCN(C(=O)[C@H]3N[C@H]4CC[C@@H]3C[C@H]4CC3CC3)CC2)C1)C(C)C.Cl. The molecular formula is C36H50ClFN6O3. The van der Waals surface area contributed by atoms with Crippen molar-refractivity contribution in [2.24, 2.45) is 23.2 Å². The zero-order valence-corrected chi connectivity index (χ0v) is 29.0. The third-order valence-electron chi connectivity index (χ3n) is 11.4. The molecule has 1 aromatic heterocycles. The van der Waals surface area contributed by atoms with Gasteiger partial charge in [0.05, 0.1) is 17.8 Å². The van der Waals surface area contributed by atoms with Crippen LogP contribution in [0.3, 0.4) is 0 Å².